The largest absolute Gasteiger partial charge is 0.493 e. The van der Waals surface area contributed by atoms with Crippen LogP contribution in [-0.2, 0) is 0 Å². The highest BCUT2D eigenvalue weighted by atomic mass is 16.5. The van der Waals surface area contributed by atoms with Crippen molar-refractivity contribution in [3.63, 3.8) is 0 Å². The highest BCUT2D eigenvalue weighted by Crippen LogP contribution is 2.38. The summed E-state index contributed by atoms with van der Waals surface area (Å²) in [5.41, 5.74) is 8.05. The number of anilines is 2. The zero-order chi connectivity index (χ0) is 15.4. The fraction of sp³-hybridized carbons (Fsp3) is 0.647. The number of methoxy groups -OCH3 is 2. The van der Waals surface area contributed by atoms with E-state index in [1.165, 1.54) is 19.3 Å². The first-order valence-electron chi connectivity index (χ1n) is 7.83. The predicted molar refractivity (Wildman–Crippen MR) is 88.4 cm³/mol. The summed E-state index contributed by atoms with van der Waals surface area (Å²) in [5.74, 6) is 3.00. The molecule has 4 nitrogen and oxygen atoms in total. The standard InChI is InChI=1S/C17H28N2O2/c1-12(2)13-6-5-8-19(9-7-13)15-11-17(21-4)16(20-3)10-14(15)18/h10-13H,5-9,18H2,1-4H3. The number of nitrogens with zero attached hydrogens (tertiary/aromatic N) is 1. The first kappa shape index (κ1) is 15.8. The number of ether oxygens (including phenoxy) is 2. The first-order chi connectivity index (χ1) is 10.1. The van der Waals surface area contributed by atoms with E-state index in [-0.39, 0.29) is 0 Å². The molecule has 118 valence electrons. The van der Waals surface area contributed by atoms with Crippen molar-refractivity contribution in [1.82, 2.24) is 0 Å². The zero-order valence-electron chi connectivity index (χ0n) is 13.7. The van der Waals surface area contributed by atoms with Gasteiger partial charge in [0.25, 0.3) is 0 Å². The van der Waals surface area contributed by atoms with Crippen molar-refractivity contribution < 1.29 is 9.47 Å². The fourth-order valence-electron chi connectivity index (χ4n) is 3.19. The average molecular weight is 292 g/mol. The van der Waals surface area contributed by atoms with Gasteiger partial charge in [-0.15, -0.1) is 0 Å². The van der Waals surface area contributed by atoms with Crippen molar-refractivity contribution in [3.05, 3.63) is 12.1 Å². The number of nitrogens with two attached hydrogens (primary N) is 1. The maximum absolute atomic E-state index is 6.22. The summed E-state index contributed by atoms with van der Waals surface area (Å²) in [6.45, 7) is 6.77. The van der Waals surface area contributed by atoms with Gasteiger partial charge < -0.3 is 20.1 Å². The summed E-state index contributed by atoms with van der Waals surface area (Å²) in [5, 5.41) is 0. The molecular formula is C17H28N2O2. The van der Waals surface area contributed by atoms with Gasteiger partial charge in [0.1, 0.15) is 0 Å². The number of hydrogen-bond acceptors (Lipinski definition) is 4. The second-order valence-electron chi connectivity index (χ2n) is 6.19. The minimum absolute atomic E-state index is 0.689. The molecule has 2 N–H and O–H groups in total. The first-order valence-corrected chi connectivity index (χ1v) is 7.83. The van der Waals surface area contributed by atoms with Gasteiger partial charge in [-0.1, -0.05) is 13.8 Å². The van der Waals surface area contributed by atoms with E-state index < -0.39 is 0 Å². The fourth-order valence-corrected chi connectivity index (χ4v) is 3.19. The van der Waals surface area contributed by atoms with Crippen LogP contribution < -0.4 is 20.1 Å². The Kier molecular flexibility index (Phi) is 5.21. The van der Waals surface area contributed by atoms with Gasteiger partial charge in [-0.25, -0.2) is 0 Å². The lowest BCUT2D eigenvalue weighted by Crippen LogP contribution is -2.25. The van der Waals surface area contributed by atoms with Gasteiger partial charge in [0.15, 0.2) is 11.5 Å². The Labute approximate surface area is 128 Å². The van der Waals surface area contributed by atoms with Crippen LogP contribution in [0.1, 0.15) is 33.1 Å². The van der Waals surface area contributed by atoms with E-state index >= 15 is 0 Å². The molecular weight excluding hydrogens is 264 g/mol. The summed E-state index contributed by atoms with van der Waals surface area (Å²) < 4.78 is 10.7. The van der Waals surface area contributed by atoms with Crippen LogP contribution in [0.4, 0.5) is 11.4 Å². The molecule has 0 spiro atoms. The van der Waals surface area contributed by atoms with Crippen molar-refractivity contribution in [2.75, 3.05) is 37.9 Å². The van der Waals surface area contributed by atoms with Crippen molar-refractivity contribution in [2.45, 2.75) is 33.1 Å². The third-order valence-corrected chi connectivity index (χ3v) is 4.59. The van der Waals surface area contributed by atoms with Crippen molar-refractivity contribution in [3.8, 4) is 11.5 Å². The summed E-state index contributed by atoms with van der Waals surface area (Å²) in [7, 11) is 3.30. The van der Waals surface area contributed by atoms with Gasteiger partial charge in [0.2, 0.25) is 0 Å². The predicted octanol–water partition coefficient (Wildman–Crippen LogP) is 3.55. The monoisotopic (exact) mass is 292 g/mol. The molecule has 2 rings (SSSR count). The maximum Gasteiger partial charge on any atom is 0.162 e. The lowest BCUT2D eigenvalue weighted by Gasteiger charge is -2.26. The van der Waals surface area contributed by atoms with Gasteiger partial charge in [0, 0.05) is 25.2 Å². The smallest absolute Gasteiger partial charge is 0.162 e. The molecule has 0 amide bonds. The molecule has 1 unspecified atom stereocenters. The van der Waals surface area contributed by atoms with E-state index in [9.17, 15) is 0 Å². The van der Waals surface area contributed by atoms with Crippen molar-refractivity contribution in [1.29, 1.82) is 0 Å². The molecule has 1 atom stereocenters. The van der Waals surface area contributed by atoms with E-state index in [4.69, 9.17) is 15.2 Å². The van der Waals surface area contributed by atoms with Gasteiger partial charge in [-0.05, 0) is 31.1 Å². The lowest BCUT2D eigenvalue weighted by molar-refractivity contribution is 0.351. The Morgan fingerprint density at radius 1 is 1.10 bits per heavy atom. The van der Waals surface area contributed by atoms with E-state index in [2.05, 4.69) is 18.7 Å². The number of hydrogen-bond donors (Lipinski definition) is 1. The highest BCUT2D eigenvalue weighted by molar-refractivity contribution is 5.73. The maximum atomic E-state index is 6.22. The van der Waals surface area contributed by atoms with Crippen LogP contribution in [0.25, 0.3) is 0 Å². The van der Waals surface area contributed by atoms with E-state index in [0.717, 1.165) is 42.0 Å². The van der Waals surface area contributed by atoms with Crippen molar-refractivity contribution >= 4 is 11.4 Å². The van der Waals surface area contributed by atoms with Crippen LogP contribution in [0, 0.1) is 11.8 Å². The highest BCUT2D eigenvalue weighted by Gasteiger charge is 2.21. The normalized spacial score (nSPS) is 19.5. The molecule has 0 saturated carbocycles. The SMILES string of the molecule is COc1cc(N)c(N2CCCC(C(C)C)CC2)cc1OC. The summed E-state index contributed by atoms with van der Waals surface area (Å²) >= 11 is 0. The van der Waals surface area contributed by atoms with E-state index in [1.807, 2.05) is 12.1 Å². The van der Waals surface area contributed by atoms with E-state index in [0.29, 0.717) is 5.75 Å². The molecule has 1 aromatic rings. The van der Waals surface area contributed by atoms with Crippen LogP contribution in [0.2, 0.25) is 0 Å². The van der Waals surface area contributed by atoms with Gasteiger partial charge >= 0.3 is 0 Å². The molecule has 1 aliphatic rings. The number of rotatable bonds is 4. The molecule has 1 heterocycles. The zero-order valence-corrected chi connectivity index (χ0v) is 13.7. The van der Waals surface area contributed by atoms with Crippen LogP contribution in [-0.4, -0.2) is 27.3 Å². The Hall–Kier alpha value is -1.58. The topological polar surface area (TPSA) is 47.7 Å². The second-order valence-corrected chi connectivity index (χ2v) is 6.19. The minimum Gasteiger partial charge on any atom is -0.493 e. The van der Waals surface area contributed by atoms with Crippen molar-refractivity contribution in [2.24, 2.45) is 11.8 Å². The summed E-state index contributed by atoms with van der Waals surface area (Å²) in [6, 6.07) is 3.86. The molecule has 0 radical (unpaired) electrons. The lowest BCUT2D eigenvalue weighted by atomic mass is 9.89. The molecule has 1 aromatic carbocycles. The molecule has 0 bridgehead atoms. The second kappa shape index (κ2) is 6.92. The van der Waals surface area contributed by atoms with Gasteiger partial charge in [0.05, 0.1) is 25.6 Å². The Balaban J connectivity index is 2.21. The van der Waals surface area contributed by atoms with E-state index in [1.54, 1.807) is 14.2 Å². The number of benzene rings is 1. The summed E-state index contributed by atoms with van der Waals surface area (Å²) in [6.07, 6.45) is 3.75. The Bertz CT molecular complexity index is 474. The van der Waals surface area contributed by atoms with Crippen LogP contribution in [0.15, 0.2) is 12.1 Å². The molecule has 21 heavy (non-hydrogen) atoms. The molecule has 0 aliphatic carbocycles. The van der Waals surface area contributed by atoms with Crippen LogP contribution in [0.3, 0.4) is 0 Å². The third-order valence-electron chi connectivity index (χ3n) is 4.59. The minimum atomic E-state index is 0.689. The van der Waals surface area contributed by atoms with Crippen LogP contribution in [0.5, 0.6) is 11.5 Å². The molecule has 0 aromatic heterocycles. The van der Waals surface area contributed by atoms with Crippen LogP contribution >= 0.6 is 0 Å². The molecule has 1 saturated heterocycles. The molecule has 4 heteroatoms. The van der Waals surface area contributed by atoms with Gasteiger partial charge in [-0.3, -0.25) is 0 Å². The van der Waals surface area contributed by atoms with Gasteiger partial charge in [-0.2, -0.15) is 0 Å². The average Bonchev–Trinajstić information content (AvgIpc) is 2.72. The summed E-state index contributed by atoms with van der Waals surface area (Å²) in [4.78, 5) is 2.39. The quantitative estimate of drug-likeness (QED) is 0.862. The molecule has 1 aliphatic heterocycles. The molecule has 1 fully saturated rings. The third kappa shape index (κ3) is 3.55. The number of nitrogen functional groups attached to an aromatic ring is 1. The Morgan fingerprint density at radius 3 is 2.38 bits per heavy atom. The Morgan fingerprint density at radius 2 is 1.76 bits per heavy atom.